The summed E-state index contributed by atoms with van der Waals surface area (Å²) in [7, 11) is 0. The lowest BCUT2D eigenvalue weighted by molar-refractivity contribution is 0.0711. The second-order valence-electron chi connectivity index (χ2n) is 5.39. The molecule has 0 atom stereocenters. The lowest BCUT2D eigenvalue weighted by Gasteiger charge is -2.32. The molecule has 1 aliphatic rings. The molecule has 0 saturated carbocycles. The van der Waals surface area contributed by atoms with Crippen LogP contribution in [-0.4, -0.2) is 28.9 Å². The van der Waals surface area contributed by atoms with Gasteiger partial charge < -0.3 is 9.88 Å². The number of nitrogens with one attached hydrogen (secondary N) is 1. The van der Waals surface area contributed by atoms with Crippen molar-refractivity contribution in [1.82, 2.24) is 9.88 Å². The van der Waals surface area contributed by atoms with E-state index in [1.54, 1.807) is 23.2 Å². The highest BCUT2D eigenvalue weighted by molar-refractivity contribution is 5.93. The maximum atomic E-state index is 12.4. The molecule has 1 aliphatic heterocycles. The van der Waals surface area contributed by atoms with E-state index in [0.29, 0.717) is 19.0 Å². The zero-order chi connectivity index (χ0) is 14.7. The largest absolute Gasteiger partial charge is 0.338 e. The Bertz CT molecular complexity index is 670. The van der Waals surface area contributed by atoms with E-state index in [9.17, 15) is 9.59 Å². The fraction of sp³-hybridized carbons (Fsp3) is 0.294. The summed E-state index contributed by atoms with van der Waals surface area (Å²) in [5.41, 5.74) is 1.26. The Morgan fingerprint density at radius 3 is 2.43 bits per heavy atom. The second kappa shape index (κ2) is 5.95. The fourth-order valence-corrected chi connectivity index (χ4v) is 2.90. The summed E-state index contributed by atoms with van der Waals surface area (Å²) in [5.74, 6) is 0.340. The van der Waals surface area contributed by atoms with E-state index < -0.39 is 0 Å². The summed E-state index contributed by atoms with van der Waals surface area (Å²) in [6.07, 6.45) is 3.43. The Morgan fingerprint density at radius 1 is 1.05 bits per heavy atom. The molecule has 4 nitrogen and oxygen atoms in total. The zero-order valence-electron chi connectivity index (χ0n) is 11.8. The standard InChI is InChI=1S/C17H18N2O2/c20-16-15(7-4-10-18-16)17(21)19-11-8-14(9-12-19)13-5-2-1-3-6-13/h1-7,10,14H,8-9,11-12H2,(H,18,20). The Labute approximate surface area is 123 Å². The van der Waals surface area contributed by atoms with Crippen LogP contribution in [0.4, 0.5) is 0 Å². The zero-order valence-corrected chi connectivity index (χ0v) is 11.8. The summed E-state index contributed by atoms with van der Waals surface area (Å²) in [5, 5.41) is 0. The first kappa shape index (κ1) is 13.6. The number of hydrogen-bond acceptors (Lipinski definition) is 2. The normalized spacial score (nSPS) is 15.9. The quantitative estimate of drug-likeness (QED) is 0.919. The van der Waals surface area contributed by atoms with Gasteiger partial charge in [-0.2, -0.15) is 0 Å². The van der Waals surface area contributed by atoms with Gasteiger partial charge in [0.25, 0.3) is 11.5 Å². The van der Waals surface area contributed by atoms with Crippen molar-refractivity contribution in [2.24, 2.45) is 0 Å². The van der Waals surface area contributed by atoms with Crippen molar-refractivity contribution < 1.29 is 4.79 Å². The van der Waals surface area contributed by atoms with Crippen LogP contribution >= 0.6 is 0 Å². The smallest absolute Gasteiger partial charge is 0.260 e. The third kappa shape index (κ3) is 2.89. The van der Waals surface area contributed by atoms with Crippen molar-refractivity contribution in [2.75, 3.05) is 13.1 Å². The van der Waals surface area contributed by atoms with Crippen LogP contribution in [0.1, 0.15) is 34.7 Å². The molecule has 1 saturated heterocycles. The van der Waals surface area contributed by atoms with Crippen LogP contribution < -0.4 is 5.56 Å². The molecule has 0 aliphatic carbocycles. The molecule has 4 heteroatoms. The molecule has 0 unspecified atom stereocenters. The average molecular weight is 282 g/mol. The van der Waals surface area contributed by atoms with E-state index >= 15 is 0 Å². The monoisotopic (exact) mass is 282 g/mol. The molecule has 1 amide bonds. The second-order valence-corrected chi connectivity index (χ2v) is 5.39. The minimum atomic E-state index is -0.312. The van der Waals surface area contributed by atoms with Gasteiger partial charge in [0.2, 0.25) is 0 Å². The SMILES string of the molecule is O=C(c1ccc[nH]c1=O)N1CCC(c2ccccc2)CC1. The first-order chi connectivity index (χ1) is 10.3. The molecule has 1 aromatic carbocycles. The van der Waals surface area contributed by atoms with Gasteiger partial charge in [-0.05, 0) is 36.5 Å². The number of aromatic nitrogens is 1. The average Bonchev–Trinajstić information content (AvgIpc) is 2.56. The highest BCUT2D eigenvalue weighted by atomic mass is 16.2. The minimum Gasteiger partial charge on any atom is -0.338 e. The van der Waals surface area contributed by atoms with E-state index in [1.165, 1.54) is 5.56 Å². The first-order valence-corrected chi connectivity index (χ1v) is 7.27. The maximum absolute atomic E-state index is 12.4. The minimum absolute atomic E-state index is 0.164. The van der Waals surface area contributed by atoms with Gasteiger partial charge in [-0.25, -0.2) is 0 Å². The lowest BCUT2D eigenvalue weighted by Crippen LogP contribution is -2.40. The molecule has 1 N–H and O–H groups in total. The molecular formula is C17H18N2O2. The van der Waals surface area contributed by atoms with Crippen molar-refractivity contribution in [1.29, 1.82) is 0 Å². The molecule has 1 fully saturated rings. The maximum Gasteiger partial charge on any atom is 0.260 e. The molecule has 3 rings (SSSR count). The number of amides is 1. The number of carbonyl (C=O) groups excluding carboxylic acids is 1. The number of benzene rings is 1. The van der Waals surface area contributed by atoms with Gasteiger partial charge in [-0.3, -0.25) is 9.59 Å². The number of piperidine rings is 1. The Balaban J connectivity index is 1.68. The van der Waals surface area contributed by atoms with Crippen LogP contribution in [0.5, 0.6) is 0 Å². The molecule has 0 spiro atoms. The van der Waals surface area contributed by atoms with E-state index in [2.05, 4.69) is 29.2 Å². The number of pyridine rings is 1. The number of hydrogen-bond donors (Lipinski definition) is 1. The summed E-state index contributed by atoms with van der Waals surface area (Å²) >= 11 is 0. The van der Waals surface area contributed by atoms with E-state index in [1.807, 2.05) is 6.07 Å². The molecule has 0 bridgehead atoms. The number of H-pyrrole nitrogens is 1. The van der Waals surface area contributed by atoms with Gasteiger partial charge in [0.1, 0.15) is 5.56 Å². The Kier molecular flexibility index (Phi) is 3.86. The molecule has 108 valence electrons. The predicted octanol–water partition coefficient (Wildman–Crippen LogP) is 2.39. The fourth-order valence-electron chi connectivity index (χ4n) is 2.90. The number of carbonyl (C=O) groups is 1. The molecule has 2 aromatic rings. The summed E-state index contributed by atoms with van der Waals surface area (Å²) < 4.78 is 0. The van der Waals surface area contributed by atoms with Crippen LogP contribution in [0.25, 0.3) is 0 Å². The highest BCUT2D eigenvalue weighted by Gasteiger charge is 2.25. The van der Waals surface area contributed by atoms with Crippen LogP contribution in [0, 0.1) is 0 Å². The number of nitrogens with zero attached hydrogens (tertiary/aromatic N) is 1. The van der Waals surface area contributed by atoms with Crippen molar-refractivity contribution in [3.63, 3.8) is 0 Å². The van der Waals surface area contributed by atoms with Gasteiger partial charge in [-0.1, -0.05) is 30.3 Å². The van der Waals surface area contributed by atoms with Crippen LogP contribution in [0.15, 0.2) is 53.5 Å². The van der Waals surface area contributed by atoms with Crippen molar-refractivity contribution in [3.05, 3.63) is 70.1 Å². The van der Waals surface area contributed by atoms with Crippen LogP contribution in [0.2, 0.25) is 0 Å². The van der Waals surface area contributed by atoms with Gasteiger partial charge >= 0.3 is 0 Å². The van der Waals surface area contributed by atoms with E-state index in [-0.39, 0.29) is 17.0 Å². The Morgan fingerprint density at radius 2 is 1.76 bits per heavy atom. The van der Waals surface area contributed by atoms with Gasteiger partial charge in [0.05, 0.1) is 0 Å². The summed E-state index contributed by atoms with van der Waals surface area (Å²) in [6, 6.07) is 13.7. The van der Waals surface area contributed by atoms with Crippen LogP contribution in [0.3, 0.4) is 0 Å². The third-order valence-corrected chi connectivity index (χ3v) is 4.10. The van der Waals surface area contributed by atoms with Gasteiger partial charge in [-0.15, -0.1) is 0 Å². The first-order valence-electron chi connectivity index (χ1n) is 7.27. The van der Waals surface area contributed by atoms with Crippen molar-refractivity contribution in [2.45, 2.75) is 18.8 Å². The van der Waals surface area contributed by atoms with E-state index in [4.69, 9.17) is 0 Å². The molecule has 21 heavy (non-hydrogen) atoms. The summed E-state index contributed by atoms with van der Waals surface area (Å²) in [6.45, 7) is 1.40. The van der Waals surface area contributed by atoms with Crippen molar-refractivity contribution >= 4 is 5.91 Å². The van der Waals surface area contributed by atoms with Crippen LogP contribution in [-0.2, 0) is 0 Å². The predicted molar refractivity (Wildman–Crippen MR) is 81.4 cm³/mol. The molecule has 1 aromatic heterocycles. The van der Waals surface area contributed by atoms with Gasteiger partial charge in [0, 0.05) is 19.3 Å². The number of rotatable bonds is 2. The van der Waals surface area contributed by atoms with E-state index in [0.717, 1.165) is 12.8 Å². The summed E-state index contributed by atoms with van der Waals surface area (Å²) in [4.78, 5) is 28.4. The number of likely N-dealkylation sites (tertiary alicyclic amines) is 1. The van der Waals surface area contributed by atoms with Gasteiger partial charge in [0.15, 0.2) is 0 Å². The lowest BCUT2D eigenvalue weighted by atomic mass is 9.89. The van der Waals surface area contributed by atoms with Crippen molar-refractivity contribution in [3.8, 4) is 0 Å². The Hall–Kier alpha value is -2.36. The molecule has 0 radical (unpaired) electrons. The highest BCUT2D eigenvalue weighted by Crippen LogP contribution is 2.28. The molecule has 2 heterocycles. The molecular weight excluding hydrogens is 264 g/mol. The topological polar surface area (TPSA) is 53.2 Å². The number of aromatic amines is 1. The third-order valence-electron chi connectivity index (χ3n) is 4.10.